The molecule has 1 heterocycles. The van der Waals surface area contributed by atoms with Crippen molar-refractivity contribution in [3.05, 3.63) is 70.7 Å². The number of halogens is 1. The molecule has 1 amide bonds. The molecule has 1 atom stereocenters. The first kappa shape index (κ1) is 21.0. The van der Waals surface area contributed by atoms with E-state index in [0.29, 0.717) is 42.5 Å². The lowest BCUT2D eigenvalue weighted by Crippen LogP contribution is -2.44. The van der Waals surface area contributed by atoms with E-state index in [1.54, 1.807) is 53.4 Å². The third-order valence-electron chi connectivity index (χ3n) is 4.62. The second-order valence-corrected chi connectivity index (χ2v) is 7.08. The van der Waals surface area contributed by atoms with E-state index in [4.69, 9.17) is 21.1 Å². The standard InChI is InChI=1S/C22H22ClNO5/c23-18-8-6-16(7-9-18)19(25)10-11-20(26)29-21(17-4-2-1-3-5-17)22(27)24-12-14-28-15-13-24/h1-9,21H,10-15H2/t21-/m1/s1. The number of ether oxygens (including phenoxy) is 2. The van der Waals surface area contributed by atoms with Crippen molar-refractivity contribution >= 4 is 29.3 Å². The second-order valence-electron chi connectivity index (χ2n) is 6.65. The van der Waals surface area contributed by atoms with Crippen LogP contribution in [-0.2, 0) is 19.1 Å². The van der Waals surface area contributed by atoms with Crippen molar-refractivity contribution in [2.45, 2.75) is 18.9 Å². The van der Waals surface area contributed by atoms with Gasteiger partial charge in [0.25, 0.3) is 5.91 Å². The van der Waals surface area contributed by atoms with E-state index in [2.05, 4.69) is 0 Å². The summed E-state index contributed by atoms with van der Waals surface area (Å²) in [6, 6.07) is 15.4. The average molecular weight is 416 g/mol. The van der Waals surface area contributed by atoms with E-state index >= 15 is 0 Å². The monoisotopic (exact) mass is 415 g/mol. The average Bonchev–Trinajstić information content (AvgIpc) is 2.77. The van der Waals surface area contributed by atoms with Gasteiger partial charge in [-0.2, -0.15) is 0 Å². The Morgan fingerprint density at radius 2 is 1.62 bits per heavy atom. The molecule has 0 bridgehead atoms. The van der Waals surface area contributed by atoms with Gasteiger partial charge in [-0.15, -0.1) is 0 Å². The van der Waals surface area contributed by atoms with Crippen molar-refractivity contribution in [3.8, 4) is 0 Å². The molecule has 0 spiro atoms. The Kier molecular flexibility index (Phi) is 7.38. The van der Waals surface area contributed by atoms with Gasteiger partial charge in [-0.25, -0.2) is 0 Å². The summed E-state index contributed by atoms with van der Waals surface area (Å²) >= 11 is 5.82. The molecule has 1 aliphatic heterocycles. The van der Waals surface area contributed by atoms with Crippen molar-refractivity contribution < 1.29 is 23.9 Å². The van der Waals surface area contributed by atoms with E-state index in [-0.39, 0.29) is 24.5 Å². The van der Waals surface area contributed by atoms with E-state index in [9.17, 15) is 14.4 Å². The molecule has 29 heavy (non-hydrogen) atoms. The van der Waals surface area contributed by atoms with Crippen LogP contribution in [0.15, 0.2) is 54.6 Å². The summed E-state index contributed by atoms with van der Waals surface area (Å²) in [6.07, 6.45) is -1.15. The number of ketones is 1. The van der Waals surface area contributed by atoms with Crippen LogP contribution >= 0.6 is 11.6 Å². The summed E-state index contributed by atoms with van der Waals surface area (Å²) < 4.78 is 10.8. The zero-order valence-corrected chi connectivity index (χ0v) is 16.6. The third-order valence-corrected chi connectivity index (χ3v) is 4.87. The maximum atomic E-state index is 12.9. The van der Waals surface area contributed by atoms with Gasteiger partial charge >= 0.3 is 5.97 Å². The van der Waals surface area contributed by atoms with Gasteiger partial charge in [-0.3, -0.25) is 14.4 Å². The van der Waals surface area contributed by atoms with Crippen LogP contribution in [0.3, 0.4) is 0 Å². The Morgan fingerprint density at radius 1 is 0.966 bits per heavy atom. The van der Waals surface area contributed by atoms with Gasteiger partial charge in [0, 0.05) is 35.7 Å². The van der Waals surface area contributed by atoms with Gasteiger partial charge in [0.2, 0.25) is 6.10 Å². The molecule has 0 saturated carbocycles. The van der Waals surface area contributed by atoms with Crippen LogP contribution in [0.5, 0.6) is 0 Å². The highest BCUT2D eigenvalue weighted by Crippen LogP contribution is 2.22. The second kappa shape index (κ2) is 10.2. The summed E-state index contributed by atoms with van der Waals surface area (Å²) in [5.74, 6) is -1.06. The quantitative estimate of drug-likeness (QED) is 0.511. The highest BCUT2D eigenvalue weighted by atomic mass is 35.5. The third kappa shape index (κ3) is 5.89. The summed E-state index contributed by atoms with van der Waals surface area (Å²) in [7, 11) is 0. The van der Waals surface area contributed by atoms with Crippen LogP contribution in [0, 0.1) is 0 Å². The first-order valence-electron chi connectivity index (χ1n) is 9.44. The molecule has 0 aliphatic carbocycles. The molecule has 0 N–H and O–H groups in total. The summed E-state index contributed by atoms with van der Waals surface area (Å²) in [5, 5.41) is 0.535. The van der Waals surface area contributed by atoms with Gasteiger partial charge in [-0.05, 0) is 24.3 Å². The number of carbonyl (C=O) groups excluding carboxylic acids is 3. The fraction of sp³-hybridized carbons (Fsp3) is 0.318. The Hall–Kier alpha value is -2.70. The van der Waals surface area contributed by atoms with E-state index < -0.39 is 12.1 Å². The normalized spacial score (nSPS) is 14.9. The molecule has 1 saturated heterocycles. The molecular formula is C22H22ClNO5. The van der Waals surface area contributed by atoms with Crippen LogP contribution in [-0.4, -0.2) is 48.9 Å². The molecule has 1 fully saturated rings. The SMILES string of the molecule is O=C(CCC(=O)c1ccc(Cl)cc1)O[C@@H](C(=O)N1CCOCC1)c1ccccc1. The minimum absolute atomic E-state index is 0.00623. The van der Waals surface area contributed by atoms with Gasteiger partial charge in [-0.1, -0.05) is 41.9 Å². The maximum absolute atomic E-state index is 12.9. The predicted molar refractivity (Wildman–Crippen MR) is 108 cm³/mol. The van der Waals surface area contributed by atoms with Gasteiger partial charge in [0.05, 0.1) is 19.6 Å². The Morgan fingerprint density at radius 3 is 2.28 bits per heavy atom. The van der Waals surface area contributed by atoms with E-state index in [0.717, 1.165) is 0 Å². The number of hydrogen-bond acceptors (Lipinski definition) is 5. The lowest BCUT2D eigenvalue weighted by molar-refractivity contribution is -0.162. The number of esters is 1. The van der Waals surface area contributed by atoms with Crippen LogP contribution < -0.4 is 0 Å². The number of benzene rings is 2. The Balaban J connectivity index is 1.63. The zero-order chi connectivity index (χ0) is 20.6. The topological polar surface area (TPSA) is 72.9 Å². The number of hydrogen-bond donors (Lipinski definition) is 0. The number of rotatable bonds is 7. The molecule has 0 radical (unpaired) electrons. The van der Waals surface area contributed by atoms with E-state index in [1.807, 2.05) is 6.07 Å². The van der Waals surface area contributed by atoms with Crippen molar-refractivity contribution in [1.29, 1.82) is 0 Å². The fourth-order valence-electron chi connectivity index (χ4n) is 3.02. The van der Waals surface area contributed by atoms with Gasteiger partial charge in [0.15, 0.2) is 5.78 Å². The zero-order valence-electron chi connectivity index (χ0n) is 15.9. The number of morpholine rings is 1. The largest absolute Gasteiger partial charge is 0.447 e. The molecular weight excluding hydrogens is 394 g/mol. The highest BCUT2D eigenvalue weighted by molar-refractivity contribution is 6.30. The lowest BCUT2D eigenvalue weighted by atomic mass is 10.1. The predicted octanol–water partition coefficient (Wildman–Crippen LogP) is 3.45. The van der Waals surface area contributed by atoms with Crippen LogP contribution in [0.2, 0.25) is 5.02 Å². The molecule has 6 nitrogen and oxygen atoms in total. The van der Waals surface area contributed by atoms with Crippen LogP contribution in [0.4, 0.5) is 0 Å². The van der Waals surface area contributed by atoms with Gasteiger partial charge in [0.1, 0.15) is 0 Å². The fourth-order valence-corrected chi connectivity index (χ4v) is 3.15. The molecule has 2 aromatic carbocycles. The maximum Gasteiger partial charge on any atom is 0.307 e. The smallest absolute Gasteiger partial charge is 0.307 e. The molecule has 0 aromatic heterocycles. The van der Waals surface area contributed by atoms with Crippen molar-refractivity contribution in [2.75, 3.05) is 26.3 Å². The van der Waals surface area contributed by atoms with Crippen molar-refractivity contribution in [2.24, 2.45) is 0 Å². The molecule has 0 unspecified atom stereocenters. The van der Waals surface area contributed by atoms with Crippen molar-refractivity contribution in [1.82, 2.24) is 4.90 Å². The molecule has 3 rings (SSSR count). The molecule has 2 aromatic rings. The Labute approximate surface area is 174 Å². The van der Waals surface area contributed by atoms with Crippen molar-refractivity contribution in [3.63, 3.8) is 0 Å². The minimum Gasteiger partial charge on any atom is -0.447 e. The lowest BCUT2D eigenvalue weighted by Gasteiger charge is -2.30. The molecule has 7 heteroatoms. The minimum atomic E-state index is -1.03. The molecule has 152 valence electrons. The summed E-state index contributed by atoms with van der Waals surface area (Å²) in [6.45, 7) is 1.82. The number of amides is 1. The number of nitrogens with zero attached hydrogens (tertiary/aromatic N) is 1. The first-order valence-corrected chi connectivity index (χ1v) is 9.82. The summed E-state index contributed by atoms with van der Waals surface area (Å²) in [5.41, 5.74) is 1.08. The highest BCUT2D eigenvalue weighted by Gasteiger charge is 2.30. The van der Waals surface area contributed by atoms with Gasteiger partial charge < -0.3 is 14.4 Å². The number of carbonyl (C=O) groups is 3. The van der Waals surface area contributed by atoms with Crippen LogP contribution in [0.1, 0.15) is 34.9 Å². The Bertz CT molecular complexity index is 847. The number of Topliss-reactive ketones (excluding diaryl/α,β-unsaturated/α-hetero) is 1. The summed E-state index contributed by atoms with van der Waals surface area (Å²) in [4.78, 5) is 39.2. The van der Waals surface area contributed by atoms with Crippen LogP contribution in [0.25, 0.3) is 0 Å². The van der Waals surface area contributed by atoms with E-state index in [1.165, 1.54) is 0 Å². The molecule has 1 aliphatic rings. The first-order chi connectivity index (χ1) is 14.0.